The first-order valence-electron chi connectivity index (χ1n) is 6.16. The van der Waals surface area contributed by atoms with E-state index in [1.807, 2.05) is 0 Å². The van der Waals surface area contributed by atoms with Crippen molar-refractivity contribution in [3.8, 4) is 0 Å². The molecule has 1 N–H and O–H groups in total. The zero-order valence-electron chi connectivity index (χ0n) is 11.5. The first kappa shape index (κ1) is 14.2. The van der Waals surface area contributed by atoms with Gasteiger partial charge in [0.2, 0.25) is 5.91 Å². The van der Waals surface area contributed by atoms with Gasteiger partial charge in [0, 0.05) is 5.56 Å². The molecule has 0 unspecified atom stereocenters. The van der Waals surface area contributed by atoms with Crippen molar-refractivity contribution in [1.82, 2.24) is 10.2 Å². The maximum Gasteiger partial charge on any atom is 0.255 e. The van der Waals surface area contributed by atoms with Crippen LogP contribution < -0.4 is 5.32 Å². The Hall–Kier alpha value is -2.24. The molecule has 3 amide bonds. The zero-order valence-corrected chi connectivity index (χ0v) is 11.5. The van der Waals surface area contributed by atoms with Gasteiger partial charge in [0.1, 0.15) is 17.9 Å². The van der Waals surface area contributed by atoms with E-state index in [2.05, 4.69) is 5.32 Å². The highest BCUT2D eigenvalue weighted by atomic mass is 19.1. The van der Waals surface area contributed by atoms with Crippen LogP contribution in [0.5, 0.6) is 0 Å². The van der Waals surface area contributed by atoms with Gasteiger partial charge in [-0.3, -0.25) is 19.7 Å². The van der Waals surface area contributed by atoms with E-state index in [1.54, 1.807) is 20.8 Å². The number of hydrogen-bond acceptors (Lipinski definition) is 3. The summed E-state index contributed by atoms with van der Waals surface area (Å²) in [4.78, 5) is 37.0. The smallest absolute Gasteiger partial charge is 0.255 e. The first-order chi connectivity index (χ1) is 9.23. The highest BCUT2D eigenvalue weighted by Crippen LogP contribution is 2.22. The van der Waals surface area contributed by atoms with Gasteiger partial charge in [0.15, 0.2) is 0 Å². The Bertz CT molecular complexity index is 610. The number of nitrogens with one attached hydrogen (secondary N) is 1. The Morgan fingerprint density at radius 3 is 2.65 bits per heavy atom. The lowest BCUT2D eigenvalue weighted by atomic mass is 9.96. The molecule has 1 aliphatic rings. The minimum atomic E-state index is -1.16. The van der Waals surface area contributed by atoms with Crippen LogP contribution in [0.2, 0.25) is 0 Å². The second-order valence-corrected chi connectivity index (χ2v) is 5.29. The minimum absolute atomic E-state index is 0.153. The number of hydrogen-bond donors (Lipinski definition) is 1. The summed E-state index contributed by atoms with van der Waals surface area (Å²) in [6.45, 7) is 4.53. The van der Waals surface area contributed by atoms with E-state index < -0.39 is 29.1 Å². The quantitative estimate of drug-likeness (QED) is 0.780. The molecule has 0 radical (unpaired) electrons. The van der Waals surface area contributed by atoms with Gasteiger partial charge in [0.25, 0.3) is 11.8 Å². The molecular formula is C14H15FN2O3. The molecule has 1 saturated heterocycles. The topological polar surface area (TPSA) is 66.5 Å². The largest absolute Gasteiger partial charge is 0.315 e. The third kappa shape index (κ3) is 2.29. The number of nitrogens with zero attached hydrogens (tertiary/aromatic N) is 1. The Labute approximate surface area is 115 Å². The molecule has 0 saturated carbocycles. The summed E-state index contributed by atoms with van der Waals surface area (Å²) in [6, 6.07) is 3.86. The van der Waals surface area contributed by atoms with Gasteiger partial charge in [-0.1, -0.05) is 6.07 Å². The SMILES string of the molecule is Cc1ccc(F)cc1C(=O)N1CC(=O)NC(=O)C1(C)C. The normalized spacial score (nSPS) is 17.9. The molecule has 0 aliphatic carbocycles. The van der Waals surface area contributed by atoms with E-state index in [9.17, 15) is 18.8 Å². The van der Waals surface area contributed by atoms with Gasteiger partial charge in [-0.05, 0) is 38.5 Å². The van der Waals surface area contributed by atoms with Gasteiger partial charge in [0.05, 0.1) is 0 Å². The van der Waals surface area contributed by atoms with Crippen LogP contribution in [0.3, 0.4) is 0 Å². The van der Waals surface area contributed by atoms with Crippen LogP contribution in [0, 0.1) is 12.7 Å². The summed E-state index contributed by atoms with van der Waals surface area (Å²) in [5, 5.41) is 2.19. The zero-order chi connectivity index (χ0) is 15.1. The molecule has 0 aromatic heterocycles. The van der Waals surface area contributed by atoms with Crippen molar-refractivity contribution in [1.29, 1.82) is 0 Å². The van der Waals surface area contributed by atoms with Crippen molar-refractivity contribution in [2.24, 2.45) is 0 Å². The number of carbonyl (C=O) groups excluding carboxylic acids is 3. The van der Waals surface area contributed by atoms with E-state index in [4.69, 9.17) is 0 Å². The van der Waals surface area contributed by atoms with E-state index in [0.29, 0.717) is 5.56 Å². The lowest BCUT2D eigenvalue weighted by molar-refractivity contribution is -0.143. The number of rotatable bonds is 1. The van der Waals surface area contributed by atoms with Crippen LogP contribution in [0.4, 0.5) is 4.39 Å². The number of benzene rings is 1. The summed E-state index contributed by atoms with van der Waals surface area (Å²) < 4.78 is 13.3. The van der Waals surface area contributed by atoms with E-state index in [0.717, 1.165) is 11.0 Å². The second kappa shape index (κ2) is 4.70. The number of piperazine rings is 1. The molecule has 2 rings (SSSR count). The molecule has 1 heterocycles. The lowest BCUT2D eigenvalue weighted by Crippen LogP contribution is -2.65. The fourth-order valence-corrected chi connectivity index (χ4v) is 2.08. The number of halogens is 1. The first-order valence-corrected chi connectivity index (χ1v) is 6.16. The minimum Gasteiger partial charge on any atom is -0.315 e. The van der Waals surface area contributed by atoms with Crippen LogP contribution in [0.1, 0.15) is 29.8 Å². The summed E-state index contributed by atoms with van der Waals surface area (Å²) in [5.41, 5.74) is -0.421. The maximum atomic E-state index is 13.3. The maximum absolute atomic E-state index is 13.3. The number of carbonyl (C=O) groups is 3. The standard InChI is InChI=1S/C14H15FN2O3/c1-8-4-5-9(15)6-10(8)12(19)17-7-11(18)16-13(20)14(17,2)3/h4-6H,7H2,1-3H3,(H,16,18,20). The van der Waals surface area contributed by atoms with Crippen molar-refractivity contribution < 1.29 is 18.8 Å². The molecule has 0 spiro atoms. The Balaban J connectivity index is 2.43. The van der Waals surface area contributed by atoms with Crippen LogP contribution in [0.15, 0.2) is 18.2 Å². The summed E-state index contributed by atoms with van der Waals surface area (Å²) in [6.07, 6.45) is 0. The molecule has 20 heavy (non-hydrogen) atoms. The Morgan fingerprint density at radius 1 is 1.35 bits per heavy atom. The van der Waals surface area contributed by atoms with Gasteiger partial charge in [-0.15, -0.1) is 0 Å². The van der Waals surface area contributed by atoms with Crippen molar-refractivity contribution >= 4 is 17.7 Å². The molecule has 1 aromatic carbocycles. The average Bonchev–Trinajstić information content (AvgIpc) is 2.36. The van der Waals surface area contributed by atoms with Crippen molar-refractivity contribution in [2.45, 2.75) is 26.3 Å². The van der Waals surface area contributed by atoms with E-state index >= 15 is 0 Å². The predicted octanol–water partition coefficient (Wildman–Crippen LogP) is 1.01. The lowest BCUT2D eigenvalue weighted by Gasteiger charge is -2.40. The van der Waals surface area contributed by atoms with Crippen LogP contribution in [0.25, 0.3) is 0 Å². The van der Waals surface area contributed by atoms with Gasteiger partial charge < -0.3 is 4.90 Å². The molecule has 0 atom stereocenters. The van der Waals surface area contributed by atoms with E-state index in [1.165, 1.54) is 12.1 Å². The van der Waals surface area contributed by atoms with Crippen LogP contribution in [-0.2, 0) is 9.59 Å². The molecule has 0 bridgehead atoms. The van der Waals surface area contributed by atoms with Crippen LogP contribution in [-0.4, -0.2) is 34.7 Å². The summed E-state index contributed by atoms with van der Waals surface area (Å²) in [7, 11) is 0. The van der Waals surface area contributed by atoms with Gasteiger partial charge in [-0.25, -0.2) is 4.39 Å². The number of aryl methyl sites for hydroxylation is 1. The predicted molar refractivity (Wildman–Crippen MR) is 69.4 cm³/mol. The van der Waals surface area contributed by atoms with Gasteiger partial charge >= 0.3 is 0 Å². The molecule has 1 aliphatic heterocycles. The summed E-state index contributed by atoms with van der Waals surface area (Å²) >= 11 is 0. The van der Waals surface area contributed by atoms with Gasteiger partial charge in [-0.2, -0.15) is 0 Å². The highest BCUT2D eigenvalue weighted by molar-refractivity contribution is 6.09. The van der Waals surface area contributed by atoms with Crippen molar-refractivity contribution in [2.75, 3.05) is 6.54 Å². The third-order valence-corrected chi connectivity index (χ3v) is 3.46. The Morgan fingerprint density at radius 2 is 2.00 bits per heavy atom. The molecule has 6 heteroatoms. The third-order valence-electron chi connectivity index (χ3n) is 3.46. The van der Waals surface area contributed by atoms with E-state index in [-0.39, 0.29) is 12.1 Å². The fourth-order valence-electron chi connectivity index (χ4n) is 2.08. The molecule has 1 fully saturated rings. The summed E-state index contributed by atoms with van der Waals surface area (Å²) in [5.74, 6) is -2.16. The number of imide groups is 1. The highest BCUT2D eigenvalue weighted by Gasteiger charge is 2.43. The Kier molecular flexibility index (Phi) is 3.33. The molecule has 1 aromatic rings. The average molecular weight is 278 g/mol. The molecule has 5 nitrogen and oxygen atoms in total. The molecular weight excluding hydrogens is 263 g/mol. The van der Waals surface area contributed by atoms with Crippen LogP contribution >= 0.6 is 0 Å². The fraction of sp³-hybridized carbons (Fsp3) is 0.357. The molecule has 106 valence electrons. The van der Waals surface area contributed by atoms with Crippen molar-refractivity contribution in [3.63, 3.8) is 0 Å². The second-order valence-electron chi connectivity index (χ2n) is 5.29. The van der Waals surface area contributed by atoms with Crippen molar-refractivity contribution in [3.05, 3.63) is 35.1 Å². The number of amides is 3. The monoisotopic (exact) mass is 278 g/mol.